The summed E-state index contributed by atoms with van der Waals surface area (Å²) >= 11 is 5.63. The number of nitrogens with zero attached hydrogens (tertiary/aromatic N) is 1. The number of carbonyl (C=O) groups is 1. The van der Waals surface area contributed by atoms with Gasteiger partial charge in [0.25, 0.3) is 5.91 Å². The maximum absolute atomic E-state index is 12.0. The lowest BCUT2D eigenvalue weighted by molar-refractivity contribution is -0.274. The Hall–Kier alpha value is -2.28. The van der Waals surface area contributed by atoms with Gasteiger partial charge in [-0.05, 0) is 36.2 Å². The Morgan fingerprint density at radius 3 is 2.43 bits per heavy atom. The summed E-state index contributed by atoms with van der Waals surface area (Å²) < 4.78 is 39.9. The number of carbonyl (C=O) groups excluding carboxylic acids is 1. The van der Waals surface area contributed by atoms with Crippen molar-refractivity contribution in [2.24, 2.45) is 0 Å². The molecule has 122 valence electrons. The van der Waals surface area contributed by atoms with Gasteiger partial charge in [-0.3, -0.25) is 4.79 Å². The molecule has 0 fully saturated rings. The molecule has 0 saturated carbocycles. The number of hydrogen-bond donors (Lipinski definition) is 1. The summed E-state index contributed by atoms with van der Waals surface area (Å²) in [5.74, 6) is -0.580. The van der Waals surface area contributed by atoms with Crippen molar-refractivity contribution >= 4 is 17.5 Å². The summed E-state index contributed by atoms with van der Waals surface area (Å²) in [5, 5.41) is 2.98. The van der Waals surface area contributed by atoms with Crippen LogP contribution in [0, 0.1) is 0 Å². The first-order chi connectivity index (χ1) is 10.8. The van der Waals surface area contributed by atoms with E-state index < -0.39 is 6.36 Å². The molecule has 4 nitrogen and oxygen atoms in total. The summed E-state index contributed by atoms with van der Waals surface area (Å²) in [4.78, 5) is 15.6. The summed E-state index contributed by atoms with van der Waals surface area (Å²) in [6, 6.07) is 8.54. The second-order valence-electron chi connectivity index (χ2n) is 4.57. The molecule has 0 spiro atoms. The average Bonchev–Trinajstić information content (AvgIpc) is 2.48. The quantitative estimate of drug-likeness (QED) is 0.843. The van der Waals surface area contributed by atoms with Crippen LogP contribution in [-0.4, -0.2) is 23.8 Å². The highest BCUT2D eigenvalue weighted by molar-refractivity contribution is 6.29. The van der Waals surface area contributed by atoms with Crippen LogP contribution >= 0.6 is 11.6 Å². The van der Waals surface area contributed by atoms with Crippen LogP contribution in [0.15, 0.2) is 42.6 Å². The molecule has 0 bridgehead atoms. The molecule has 8 heteroatoms. The molecule has 1 N–H and O–H groups in total. The second-order valence-corrected chi connectivity index (χ2v) is 4.95. The largest absolute Gasteiger partial charge is 0.573 e. The van der Waals surface area contributed by atoms with E-state index in [1.54, 1.807) is 6.07 Å². The highest BCUT2D eigenvalue weighted by Gasteiger charge is 2.30. The topological polar surface area (TPSA) is 51.2 Å². The van der Waals surface area contributed by atoms with E-state index in [1.807, 2.05) is 0 Å². The minimum atomic E-state index is -4.71. The number of hydrogen-bond acceptors (Lipinski definition) is 3. The summed E-state index contributed by atoms with van der Waals surface area (Å²) in [6.07, 6.45) is -2.87. The van der Waals surface area contributed by atoms with Gasteiger partial charge >= 0.3 is 6.36 Å². The lowest BCUT2D eigenvalue weighted by Gasteiger charge is -2.09. The number of aromatic nitrogens is 1. The van der Waals surface area contributed by atoms with E-state index in [0.717, 1.165) is 5.56 Å². The van der Waals surface area contributed by atoms with Crippen LogP contribution in [0.4, 0.5) is 13.2 Å². The third-order valence-corrected chi connectivity index (χ3v) is 3.07. The molecular weight excluding hydrogens is 333 g/mol. The molecular formula is C15H12ClF3N2O2. The van der Waals surface area contributed by atoms with Crippen LogP contribution in [0.5, 0.6) is 5.75 Å². The van der Waals surface area contributed by atoms with Gasteiger partial charge in [-0.25, -0.2) is 4.98 Å². The number of rotatable bonds is 5. The second kappa shape index (κ2) is 7.32. The molecule has 0 unspecified atom stereocenters. The highest BCUT2D eigenvalue weighted by Crippen LogP contribution is 2.22. The zero-order valence-electron chi connectivity index (χ0n) is 11.7. The minimum Gasteiger partial charge on any atom is -0.406 e. The number of nitrogens with one attached hydrogen (secondary N) is 1. The normalized spacial score (nSPS) is 11.1. The van der Waals surface area contributed by atoms with Crippen molar-refractivity contribution in [3.8, 4) is 5.75 Å². The summed E-state index contributed by atoms with van der Waals surface area (Å²) in [6.45, 7) is 0.334. The van der Waals surface area contributed by atoms with Crippen molar-refractivity contribution in [2.45, 2.75) is 12.8 Å². The van der Waals surface area contributed by atoms with E-state index in [-0.39, 0.29) is 11.7 Å². The Labute approximate surface area is 135 Å². The van der Waals surface area contributed by atoms with Crippen LogP contribution in [0.2, 0.25) is 5.15 Å². The van der Waals surface area contributed by atoms with Crippen LogP contribution in [0.1, 0.15) is 15.9 Å². The minimum absolute atomic E-state index is 0.280. The fourth-order valence-electron chi connectivity index (χ4n) is 1.79. The highest BCUT2D eigenvalue weighted by atomic mass is 35.5. The molecule has 0 aliphatic carbocycles. The predicted molar refractivity (Wildman–Crippen MR) is 78.4 cm³/mol. The summed E-state index contributed by atoms with van der Waals surface area (Å²) in [7, 11) is 0. The first kappa shape index (κ1) is 17.1. The zero-order valence-corrected chi connectivity index (χ0v) is 12.5. The third-order valence-electron chi connectivity index (χ3n) is 2.85. The third kappa shape index (κ3) is 5.78. The van der Waals surface area contributed by atoms with Crippen molar-refractivity contribution < 1.29 is 22.7 Å². The number of ether oxygens (including phenoxy) is 1. The van der Waals surface area contributed by atoms with Gasteiger partial charge in [-0.2, -0.15) is 0 Å². The average molecular weight is 345 g/mol. The number of alkyl halides is 3. The van der Waals surface area contributed by atoms with Crippen molar-refractivity contribution in [3.05, 3.63) is 58.9 Å². The fourth-order valence-corrected chi connectivity index (χ4v) is 1.90. The van der Waals surface area contributed by atoms with Crippen LogP contribution in [0.3, 0.4) is 0 Å². The lowest BCUT2D eigenvalue weighted by Crippen LogP contribution is -2.25. The van der Waals surface area contributed by atoms with Gasteiger partial charge in [0.05, 0.1) is 5.56 Å². The Morgan fingerprint density at radius 1 is 1.17 bits per heavy atom. The van der Waals surface area contributed by atoms with Gasteiger partial charge in [0, 0.05) is 12.7 Å². The molecule has 0 radical (unpaired) electrons. The zero-order chi connectivity index (χ0) is 16.9. The lowest BCUT2D eigenvalue weighted by atomic mass is 10.1. The smallest absolute Gasteiger partial charge is 0.406 e. The first-order valence-corrected chi connectivity index (χ1v) is 6.96. The van der Waals surface area contributed by atoms with Crippen molar-refractivity contribution in [1.82, 2.24) is 10.3 Å². The molecule has 2 aromatic rings. The molecule has 2 rings (SSSR count). The molecule has 1 amide bonds. The van der Waals surface area contributed by atoms with Crippen molar-refractivity contribution in [2.75, 3.05) is 6.54 Å². The van der Waals surface area contributed by atoms with Gasteiger partial charge in [0.15, 0.2) is 0 Å². The van der Waals surface area contributed by atoms with E-state index in [2.05, 4.69) is 15.0 Å². The molecule has 1 heterocycles. The maximum atomic E-state index is 12.0. The molecule has 0 atom stereocenters. The monoisotopic (exact) mass is 344 g/mol. The maximum Gasteiger partial charge on any atom is 0.573 e. The SMILES string of the molecule is O=C(NCCc1ccc(OC(F)(F)F)cc1)c1ccc(Cl)nc1. The van der Waals surface area contributed by atoms with Crippen molar-refractivity contribution in [1.29, 1.82) is 0 Å². The molecule has 1 aromatic carbocycles. The van der Waals surface area contributed by atoms with E-state index in [4.69, 9.17) is 11.6 Å². The standard InChI is InChI=1S/C15H12ClF3N2O2/c16-13-6-3-11(9-21-13)14(22)20-8-7-10-1-4-12(5-2-10)23-15(17,18)19/h1-6,9H,7-8H2,(H,20,22). The van der Waals surface area contributed by atoms with E-state index >= 15 is 0 Å². The van der Waals surface area contributed by atoms with Crippen LogP contribution in [-0.2, 0) is 6.42 Å². The van der Waals surface area contributed by atoms with E-state index in [1.165, 1.54) is 36.5 Å². The predicted octanol–water partition coefficient (Wildman–Crippen LogP) is 3.61. The molecule has 1 aromatic heterocycles. The number of halogens is 4. The van der Waals surface area contributed by atoms with Crippen LogP contribution in [0.25, 0.3) is 0 Å². The summed E-state index contributed by atoms with van der Waals surface area (Å²) in [5.41, 5.74) is 1.15. The Bertz CT molecular complexity index is 658. The van der Waals surface area contributed by atoms with Gasteiger partial charge in [-0.1, -0.05) is 23.7 Å². The van der Waals surface area contributed by atoms with Crippen LogP contribution < -0.4 is 10.1 Å². The Morgan fingerprint density at radius 2 is 1.87 bits per heavy atom. The van der Waals surface area contributed by atoms with Gasteiger partial charge in [0.1, 0.15) is 10.9 Å². The fraction of sp³-hybridized carbons (Fsp3) is 0.200. The Balaban J connectivity index is 1.82. The number of benzene rings is 1. The molecule has 0 aliphatic heterocycles. The first-order valence-electron chi connectivity index (χ1n) is 6.58. The van der Waals surface area contributed by atoms with Gasteiger partial charge < -0.3 is 10.1 Å². The molecule has 0 aliphatic rings. The number of pyridine rings is 1. The number of amides is 1. The van der Waals surface area contributed by atoms with Gasteiger partial charge in [0.2, 0.25) is 0 Å². The Kier molecular flexibility index (Phi) is 5.44. The van der Waals surface area contributed by atoms with Crippen molar-refractivity contribution in [3.63, 3.8) is 0 Å². The molecule has 0 saturated heterocycles. The van der Waals surface area contributed by atoms with Gasteiger partial charge in [-0.15, -0.1) is 13.2 Å². The van der Waals surface area contributed by atoms with E-state index in [0.29, 0.717) is 23.7 Å². The van der Waals surface area contributed by atoms with E-state index in [9.17, 15) is 18.0 Å². The molecule has 23 heavy (non-hydrogen) atoms.